The highest BCUT2D eigenvalue weighted by molar-refractivity contribution is 7.98. The summed E-state index contributed by atoms with van der Waals surface area (Å²) in [5, 5.41) is 0. The highest BCUT2D eigenvalue weighted by atomic mass is 32.2. The number of aromatic amines is 1. The predicted molar refractivity (Wildman–Crippen MR) is 108 cm³/mol. The van der Waals surface area contributed by atoms with Crippen LogP contribution in [0.3, 0.4) is 0 Å². The predicted octanol–water partition coefficient (Wildman–Crippen LogP) is 1.40. The van der Waals surface area contributed by atoms with Gasteiger partial charge in [0.05, 0.1) is 12.5 Å². The molecule has 0 saturated carbocycles. The van der Waals surface area contributed by atoms with Crippen molar-refractivity contribution in [2.24, 2.45) is 0 Å². The van der Waals surface area contributed by atoms with E-state index < -0.39 is 0 Å². The Hall–Kier alpha value is -2.07. The third kappa shape index (κ3) is 5.46. The van der Waals surface area contributed by atoms with Crippen molar-refractivity contribution < 1.29 is 0 Å². The van der Waals surface area contributed by atoms with Gasteiger partial charge < -0.3 is 4.57 Å². The van der Waals surface area contributed by atoms with Gasteiger partial charge in [-0.05, 0) is 19.4 Å². The molecule has 10 heteroatoms. The number of rotatable bonds is 6. The number of nitrogens with one attached hydrogen (secondary N) is 1. The zero-order valence-electron chi connectivity index (χ0n) is 15.0. The molecule has 8 nitrogen and oxygen atoms in total. The van der Waals surface area contributed by atoms with Gasteiger partial charge in [-0.15, -0.1) is 0 Å². The Kier molecular flexibility index (Phi) is 7.92. The fraction of sp³-hybridized carbons (Fsp3) is 0.438. The number of aryl methyl sites for hydroxylation is 3. The summed E-state index contributed by atoms with van der Waals surface area (Å²) in [6, 6.07) is 0. The second-order valence-electron chi connectivity index (χ2n) is 5.42. The number of fused-ring (bicyclic) bond motifs is 1. The minimum atomic E-state index is -0.329. The van der Waals surface area contributed by atoms with Crippen LogP contribution in [0, 0.1) is 6.92 Å². The van der Waals surface area contributed by atoms with Crippen LogP contribution in [0.4, 0.5) is 0 Å². The number of imidazole rings is 1. The molecule has 0 aliphatic rings. The van der Waals surface area contributed by atoms with Gasteiger partial charge in [-0.1, -0.05) is 0 Å². The summed E-state index contributed by atoms with van der Waals surface area (Å²) in [6.45, 7) is 3.28. The second-order valence-corrected chi connectivity index (χ2v) is 7.39. The van der Waals surface area contributed by atoms with Crippen molar-refractivity contribution in [3.8, 4) is 0 Å². The third-order valence-corrected chi connectivity index (χ3v) is 4.72. The molecular weight excluding hydrogens is 372 g/mol. The molecule has 0 bridgehead atoms. The second kappa shape index (κ2) is 10.2. The molecule has 1 N–H and O–H groups in total. The fourth-order valence-electron chi connectivity index (χ4n) is 2.14. The first-order valence-corrected chi connectivity index (χ1v) is 10.7. The van der Waals surface area contributed by atoms with Crippen molar-refractivity contribution >= 4 is 34.7 Å². The summed E-state index contributed by atoms with van der Waals surface area (Å²) in [6.07, 6.45) is 10.8. The van der Waals surface area contributed by atoms with E-state index in [0.717, 1.165) is 29.2 Å². The highest BCUT2D eigenvalue weighted by Crippen LogP contribution is 2.07. The van der Waals surface area contributed by atoms with Gasteiger partial charge in [-0.25, -0.2) is 19.7 Å². The molecule has 0 aliphatic carbocycles. The van der Waals surface area contributed by atoms with Gasteiger partial charge in [0.1, 0.15) is 11.8 Å². The molecule has 0 spiro atoms. The zero-order chi connectivity index (χ0) is 18.9. The lowest BCUT2D eigenvalue weighted by Crippen LogP contribution is -2.31. The van der Waals surface area contributed by atoms with Gasteiger partial charge in [0.15, 0.2) is 5.65 Å². The van der Waals surface area contributed by atoms with Crippen molar-refractivity contribution in [1.82, 2.24) is 29.1 Å². The van der Waals surface area contributed by atoms with Crippen molar-refractivity contribution in [2.45, 2.75) is 20.0 Å². The van der Waals surface area contributed by atoms with E-state index in [1.165, 1.54) is 4.57 Å². The molecule has 0 radical (unpaired) electrons. The van der Waals surface area contributed by atoms with Gasteiger partial charge in [0, 0.05) is 36.4 Å². The first-order chi connectivity index (χ1) is 12.6. The molecule has 0 unspecified atom stereocenters. The van der Waals surface area contributed by atoms with E-state index in [2.05, 4.69) is 26.2 Å². The Balaban J connectivity index is 0.000000187. The molecule has 0 amide bonds. The number of hydrogen-bond donors (Lipinski definition) is 1. The molecule has 0 atom stereocenters. The van der Waals surface area contributed by atoms with Crippen molar-refractivity contribution in [3.63, 3.8) is 0 Å². The van der Waals surface area contributed by atoms with Crippen LogP contribution in [0.25, 0.3) is 11.2 Å². The Morgan fingerprint density at radius 1 is 1.08 bits per heavy atom. The van der Waals surface area contributed by atoms with Crippen LogP contribution >= 0.6 is 23.5 Å². The van der Waals surface area contributed by atoms with Crippen LogP contribution in [-0.2, 0) is 13.1 Å². The van der Waals surface area contributed by atoms with Crippen molar-refractivity contribution in [1.29, 1.82) is 0 Å². The van der Waals surface area contributed by atoms with E-state index in [1.807, 2.05) is 28.9 Å². The van der Waals surface area contributed by atoms with Gasteiger partial charge in [-0.3, -0.25) is 14.3 Å². The smallest absolute Gasteiger partial charge is 0.314 e. The monoisotopic (exact) mass is 394 g/mol. The average Bonchev–Trinajstić information content (AvgIpc) is 3.05. The lowest BCUT2D eigenvalue weighted by molar-refractivity contribution is 0.694. The van der Waals surface area contributed by atoms with E-state index in [1.54, 1.807) is 37.4 Å². The van der Waals surface area contributed by atoms with Gasteiger partial charge in [0.2, 0.25) is 0 Å². The topological polar surface area (TPSA) is 98.5 Å². The minimum absolute atomic E-state index is 0.301. The van der Waals surface area contributed by atoms with Crippen LogP contribution in [-0.4, -0.2) is 53.1 Å². The Bertz CT molecular complexity index is 950. The standard InChI is InChI=1S/C8H10N4S.C8H12N2O2S/c1-13-3-2-12-6-11-7-4-9-5-10-8(7)12;1-6-5-10(3-4-13-2)8(12)9-7(6)11/h4-6H,2-3H2,1H3;5H,3-4H2,1-2H3,(H,9,11,12). The molecular formula is C16H22N6O2S2. The zero-order valence-corrected chi connectivity index (χ0v) is 16.6. The number of nitrogens with zero attached hydrogens (tertiary/aromatic N) is 5. The Labute approximate surface area is 159 Å². The molecule has 0 saturated heterocycles. The van der Waals surface area contributed by atoms with Gasteiger partial charge in [0.25, 0.3) is 5.56 Å². The molecule has 3 rings (SSSR count). The van der Waals surface area contributed by atoms with Gasteiger partial charge >= 0.3 is 5.69 Å². The summed E-state index contributed by atoms with van der Waals surface area (Å²) in [5.74, 6) is 1.95. The van der Waals surface area contributed by atoms with Crippen LogP contribution in [0.1, 0.15) is 5.56 Å². The summed E-state index contributed by atoms with van der Waals surface area (Å²) >= 11 is 3.48. The Morgan fingerprint density at radius 3 is 2.46 bits per heavy atom. The van der Waals surface area contributed by atoms with E-state index in [-0.39, 0.29) is 11.2 Å². The quantitative estimate of drug-likeness (QED) is 0.675. The van der Waals surface area contributed by atoms with Crippen LogP contribution in [0.2, 0.25) is 0 Å². The summed E-state index contributed by atoms with van der Waals surface area (Å²) in [5.41, 5.74) is 1.73. The number of thioether (sulfide) groups is 2. The first kappa shape index (κ1) is 20.2. The summed E-state index contributed by atoms with van der Waals surface area (Å²) in [4.78, 5) is 36.7. The lowest BCUT2D eigenvalue weighted by atomic mass is 10.4. The highest BCUT2D eigenvalue weighted by Gasteiger charge is 2.01. The minimum Gasteiger partial charge on any atom is -0.314 e. The molecule has 3 heterocycles. The molecule has 0 fully saturated rings. The maximum Gasteiger partial charge on any atom is 0.328 e. The van der Waals surface area contributed by atoms with Gasteiger partial charge in [-0.2, -0.15) is 23.5 Å². The molecule has 140 valence electrons. The van der Waals surface area contributed by atoms with E-state index in [0.29, 0.717) is 12.1 Å². The lowest BCUT2D eigenvalue weighted by Gasteiger charge is -2.03. The van der Waals surface area contributed by atoms with Crippen molar-refractivity contribution in [2.75, 3.05) is 24.0 Å². The van der Waals surface area contributed by atoms with Crippen LogP contribution < -0.4 is 11.2 Å². The Morgan fingerprint density at radius 2 is 1.77 bits per heavy atom. The first-order valence-electron chi connectivity index (χ1n) is 7.96. The summed E-state index contributed by atoms with van der Waals surface area (Å²) < 4.78 is 3.57. The summed E-state index contributed by atoms with van der Waals surface area (Å²) in [7, 11) is 0. The maximum absolute atomic E-state index is 11.2. The van der Waals surface area contributed by atoms with E-state index in [4.69, 9.17) is 0 Å². The molecule has 3 aromatic heterocycles. The molecule has 26 heavy (non-hydrogen) atoms. The third-order valence-electron chi connectivity index (χ3n) is 3.54. The average molecular weight is 395 g/mol. The molecule has 3 aromatic rings. The number of hydrogen-bond acceptors (Lipinski definition) is 7. The van der Waals surface area contributed by atoms with E-state index >= 15 is 0 Å². The molecule has 0 aliphatic heterocycles. The SMILES string of the molecule is CSCCn1cc(C)c(=O)[nH]c1=O.CSCCn1cnc2cncnc21. The normalized spacial score (nSPS) is 10.6. The number of aromatic nitrogens is 6. The van der Waals surface area contributed by atoms with Crippen LogP contribution in [0.15, 0.2) is 34.6 Å². The molecule has 0 aromatic carbocycles. The van der Waals surface area contributed by atoms with E-state index in [9.17, 15) is 9.59 Å². The van der Waals surface area contributed by atoms with Crippen LogP contribution in [0.5, 0.6) is 0 Å². The largest absolute Gasteiger partial charge is 0.328 e. The number of H-pyrrole nitrogens is 1. The maximum atomic E-state index is 11.2. The fourth-order valence-corrected chi connectivity index (χ4v) is 2.90. The van der Waals surface area contributed by atoms with Crippen molar-refractivity contribution in [3.05, 3.63) is 51.4 Å².